The minimum atomic E-state index is -0.898. The molecule has 8 heteroatoms. The zero-order valence-electron chi connectivity index (χ0n) is 19.6. The summed E-state index contributed by atoms with van der Waals surface area (Å²) in [6.45, 7) is 8.23. The molecule has 1 aromatic rings. The lowest BCUT2D eigenvalue weighted by Crippen LogP contribution is -2.61. The molecule has 4 aliphatic rings. The Balaban J connectivity index is 1.50. The molecule has 4 aliphatic carbocycles. The maximum atomic E-state index is 13.3. The van der Waals surface area contributed by atoms with Crippen molar-refractivity contribution >= 4 is 11.9 Å². The van der Waals surface area contributed by atoms with Gasteiger partial charge in [-0.3, -0.25) is 9.59 Å². The number of aryl methyl sites for hydroxylation is 1. The summed E-state index contributed by atoms with van der Waals surface area (Å²) in [6.07, 6.45) is 6.50. The molecule has 0 aliphatic heterocycles. The summed E-state index contributed by atoms with van der Waals surface area (Å²) < 4.78 is 7.60. The van der Waals surface area contributed by atoms with Gasteiger partial charge in [-0.2, -0.15) is 5.10 Å². The van der Waals surface area contributed by atoms with Gasteiger partial charge in [0, 0.05) is 12.6 Å². The van der Waals surface area contributed by atoms with E-state index < -0.39 is 17.0 Å². The third kappa shape index (κ3) is 4.51. The van der Waals surface area contributed by atoms with E-state index in [1.807, 2.05) is 13.8 Å². The first-order chi connectivity index (χ1) is 15.0. The Morgan fingerprint density at radius 1 is 1.28 bits per heavy atom. The normalized spacial score (nSPS) is 31.2. The summed E-state index contributed by atoms with van der Waals surface area (Å²) in [6, 6.07) is 0.0755. The van der Waals surface area contributed by atoms with Crippen LogP contribution in [0, 0.1) is 29.1 Å². The zero-order valence-corrected chi connectivity index (χ0v) is 19.6. The van der Waals surface area contributed by atoms with Gasteiger partial charge in [0.25, 0.3) is 5.91 Å². The van der Waals surface area contributed by atoms with Crippen molar-refractivity contribution in [3.05, 3.63) is 11.8 Å². The maximum Gasteiger partial charge on any atom is 0.309 e. The van der Waals surface area contributed by atoms with Gasteiger partial charge in [-0.15, -0.1) is 0 Å². The van der Waals surface area contributed by atoms with Crippen LogP contribution in [0.25, 0.3) is 0 Å². The molecule has 5 rings (SSSR count). The fourth-order valence-corrected chi connectivity index (χ4v) is 6.03. The van der Waals surface area contributed by atoms with E-state index in [2.05, 4.69) is 10.4 Å². The van der Waals surface area contributed by atoms with E-state index >= 15 is 0 Å². The molecule has 1 aromatic heterocycles. The molecule has 4 bridgehead atoms. The van der Waals surface area contributed by atoms with E-state index in [0.29, 0.717) is 48.8 Å². The highest BCUT2D eigenvalue weighted by atomic mass is 16.5. The van der Waals surface area contributed by atoms with Gasteiger partial charge in [0.2, 0.25) is 5.88 Å². The van der Waals surface area contributed by atoms with Crippen LogP contribution in [0.1, 0.15) is 76.6 Å². The standard InChI is InChI=1S/C24H37N3O5/c1-14(2)13-32-21-18(12-25-27(21)6-5-23(3,4)22(29)30)20(28)26-19-16-7-15-8-17(19)11-24(31,9-15)10-16/h12,14-17,19,31H,5-11,13H2,1-4H3,(H,26,28)(H,29,30)/t15?,16?,17?,19-,24-. The molecule has 1 amide bonds. The van der Waals surface area contributed by atoms with Crippen molar-refractivity contribution in [3.8, 4) is 5.88 Å². The smallest absolute Gasteiger partial charge is 0.309 e. The van der Waals surface area contributed by atoms with Crippen LogP contribution in [0.2, 0.25) is 0 Å². The number of ether oxygens (including phenoxy) is 1. The minimum Gasteiger partial charge on any atom is -0.481 e. The molecule has 4 fully saturated rings. The molecule has 32 heavy (non-hydrogen) atoms. The quantitative estimate of drug-likeness (QED) is 0.536. The Hall–Kier alpha value is -2.09. The van der Waals surface area contributed by atoms with Gasteiger partial charge in [0.05, 0.1) is 23.8 Å². The van der Waals surface area contributed by atoms with Crippen molar-refractivity contribution in [3.63, 3.8) is 0 Å². The Labute approximate surface area is 189 Å². The average Bonchev–Trinajstić information content (AvgIpc) is 3.09. The van der Waals surface area contributed by atoms with Crippen molar-refractivity contribution in [1.29, 1.82) is 0 Å². The Bertz CT molecular complexity index is 861. The number of aromatic nitrogens is 2. The molecule has 1 heterocycles. The number of aliphatic hydroxyl groups is 1. The van der Waals surface area contributed by atoms with E-state index in [9.17, 15) is 19.8 Å². The van der Waals surface area contributed by atoms with Crippen molar-refractivity contribution in [2.45, 2.75) is 84.4 Å². The summed E-state index contributed by atoms with van der Waals surface area (Å²) in [5, 5.41) is 27.9. The number of nitrogens with one attached hydrogen (secondary N) is 1. The molecule has 0 aromatic carbocycles. The number of amides is 1. The fourth-order valence-electron chi connectivity index (χ4n) is 6.03. The summed E-state index contributed by atoms with van der Waals surface area (Å²) in [4.78, 5) is 24.8. The monoisotopic (exact) mass is 447 g/mol. The van der Waals surface area contributed by atoms with Gasteiger partial charge in [-0.05, 0) is 76.0 Å². The molecule has 4 saturated carbocycles. The first-order valence-electron chi connectivity index (χ1n) is 11.9. The number of carbonyl (C=O) groups excluding carboxylic acids is 1. The average molecular weight is 448 g/mol. The lowest BCUT2D eigenvalue weighted by molar-refractivity contribution is -0.147. The number of hydrogen-bond donors (Lipinski definition) is 3. The Morgan fingerprint density at radius 2 is 1.94 bits per heavy atom. The summed E-state index contributed by atoms with van der Waals surface area (Å²) in [7, 11) is 0. The summed E-state index contributed by atoms with van der Waals surface area (Å²) >= 11 is 0. The molecular formula is C24H37N3O5. The van der Waals surface area contributed by atoms with Crippen LogP contribution >= 0.6 is 0 Å². The fraction of sp³-hybridized carbons (Fsp3) is 0.792. The highest BCUT2D eigenvalue weighted by Crippen LogP contribution is 2.55. The van der Waals surface area contributed by atoms with Gasteiger partial charge in [0.15, 0.2) is 0 Å². The van der Waals surface area contributed by atoms with Crippen molar-refractivity contribution in [2.75, 3.05) is 6.61 Å². The first-order valence-corrected chi connectivity index (χ1v) is 11.9. The van der Waals surface area contributed by atoms with E-state index in [1.54, 1.807) is 18.5 Å². The SMILES string of the molecule is CC(C)COc1c(C(=O)N[C@H]2C3CC4CC2C[C@](O)(C4)C3)cnn1CCC(C)(C)C(=O)O. The van der Waals surface area contributed by atoms with Crippen molar-refractivity contribution in [2.24, 2.45) is 29.1 Å². The molecular weight excluding hydrogens is 410 g/mol. The number of carboxylic acid groups (broad SMARTS) is 1. The molecule has 0 spiro atoms. The van der Waals surface area contributed by atoms with Crippen LogP contribution in [-0.2, 0) is 11.3 Å². The minimum absolute atomic E-state index is 0.0755. The molecule has 8 nitrogen and oxygen atoms in total. The number of carboxylic acids is 1. The van der Waals surface area contributed by atoms with Crippen molar-refractivity contribution < 1.29 is 24.5 Å². The Kier molecular flexibility index (Phi) is 6.03. The van der Waals surface area contributed by atoms with Gasteiger partial charge in [0.1, 0.15) is 5.56 Å². The van der Waals surface area contributed by atoms with Crippen LogP contribution < -0.4 is 10.1 Å². The number of hydrogen-bond acceptors (Lipinski definition) is 5. The van der Waals surface area contributed by atoms with Crippen LogP contribution in [0.4, 0.5) is 0 Å². The van der Waals surface area contributed by atoms with Crippen LogP contribution in [0.15, 0.2) is 6.20 Å². The lowest BCUT2D eigenvalue weighted by Gasteiger charge is -2.58. The lowest BCUT2D eigenvalue weighted by atomic mass is 9.52. The zero-order chi connectivity index (χ0) is 23.3. The molecule has 2 atom stereocenters. The predicted octanol–water partition coefficient (Wildman–Crippen LogP) is 3.09. The van der Waals surface area contributed by atoms with Crippen LogP contribution in [0.5, 0.6) is 5.88 Å². The van der Waals surface area contributed by atoms with Crippen LogP contribution in [0.3, 0.4) is 0 Å². The second-order valence-electron chi connectivity index (χ2n) is 11.4. The highest BCUT2D eigenvalue weighted by molar-refractivity contribution is 5.96. The van der Waals surface area contributed by atoms with Gasteiger partial charge in [-0.1, -0.05) is 13.8 Å². The number of nitrogens with zero attached hydrogens (tertiary/aromatic N) is 2. The maximum absolute atomic E-state index is 13.3. The largest absolute Gasteiger partial charge is 0.481 e. The number of rotatable bonds is 9. The second-order valence-corrected chi connectivity index (χ2v) is 11.4. The second kappa shape index (κ2) is 8.36. The molecule has 0 radical (unpaired) electrons. The van der Waals surface area contributed by atoms with E-state index in [4.69, 9.17) is 4.74 Å². The Morgan fingerprint density at radius 3 is 2.50 bits per heavy atom. The number of carbonyl (C=O) groups is 2. The first kappa shape index (κ1) is 23.1. The third-order valence-electron chi connectivity index (χ3n) is 7.66. The van der Waals surface area contributed by atoms with Crippen LogP contribution in [-0.4, -0.2) is 50.1 Å². The van der Waals surface area contributed by atoms with Gasteiger partial charge < -0.3 is 20.3 Å². The molecule has 0 saturated heterocycles. The molecule has 178 valence electrons. The highest BCUT2D eigenvalue weighted by Gasteiger charge is 2.55. The van der Waals surface area contributed by atoms with E-state index in [-0.39, 0.29) is 17.9 Å². The molecule has 2 unspecified atom stereocenters. The third-order valence-corrected chi connectivity index (χ3v) is 7.66. The van der Waals surface area contributed by atoms with E-state index in [1.165, 1.54) is 6.20 Å². The number of aliphatic carboxylic acids is 1. The predicted molar refractivity (Wildman–Crippen MR) is 118 cm³/mol. The van der Waals surface area contributed by atoms with Gasteiger partial charge >= 0.3 is 5.97 Å². The van der Waals surface area contributed by atoms with Gasteiger partial charge in [-0.25, -0.2) is 4.68 Å². The van der Waals surface area contributed by atoms with Crippen molar-refractivity contribution in [1.82, 2.24) is 15.1 Å². The topological polar surface area (TPSA) is 114 Å². The molecule has 3 N–H and O–H groups in total. The summed E-state index contributed by atoms with van der Waals surface area (Å²) in [5.41, 5.74) is -1.04. The van der Waals surface area contributed by atoms with E-state index in [0.717, 1.165) is 32.1 Å². The summed E-state index contributed by atoms with van der Waals surface area (Å²) in [5.74, 6) is 0.835.